The lowest BCUT2D eigenvalue weighted by molar-refractivity contribution is -0.127. The van der Waals surface area contributed by atoms with Crippen LogP contribution in [0.4, 0.5) is 5.69 Å². The zero-order valence-electron chi connectivity index (χ0n) is 23.8. The second-order valence-corrected chi connectivity index (χ2v) is 10.7. The van der Waals surface area contributed by atoms with Crippen LogP contribution in [0.15, 0.2) is 85.1 Å². The number of benzene rings is 3. The van der Waals surface area contributed by atoms with Crippen molar-refractivity contribution in [2.75, 3.05) is 12.0 Å². The highest BCUT2D eigenvalue weighted by molar-refractivity contribution is 6.02. The maximum Gasteiger partial charge on any atom is 0.337 e. The molecule has 1 N–H and O–H groups in total. The number of amides is 2. The van der Waals surface area contributed by atoms with E-state index in [4.69, 9.17) is 4.74 Å². The SMILES string of the molecule is COC(=O)c1ccc([C@H](C(=O)NC2CCCCC2)N(C(=O)Cn2nnc3ccccc32)c2cnc3ccccc3c2)cc1. The van der Waals surface area contributed by atoms with E-state index in [1.165, 1.54) is 16.7 Å². The highest BCUT2D eigenvalue weighted by Crippen LogP contribution is 2.31. The average molecular weight is 577 g/mol. The molecular formula is C33H32N6O4. The number of methoxy groups -OCH3 is 1. The third-order valence-corrected chi connectivity index (χ3v) is 7.93. The number of nitrogens with one attached hydrogen (secondary N) is 1. The van der Waals surface area contributed by atoms with E-state index in [0.29, 0.717) is 27.8 Å². The molecule has 1 aliphatic carbocycles. The molecular weight excluding hydrogens is 544 g/mol. The number of hydrogen-bond donors (Lipinski definition) is 1. The topological polar surface area (TPSA) is 119 Å². The smallest absolute Gasteiger partial charge is 0.337 e. The largest absolute Gasteiger partial charge is 0.465 e. The molecule has 1 saturated carbocycles. The lowest BCUT2D eigenvalue weighted by Crippen LogP contribution is -2.48. The molecule has 10 heteroatoms. The van der Waals surface area contributed by atoms with Gasteiger partial charge < -0.3 is 10.1 Å². The number of aromatic nitrogens is 4. The van der Waals surface area contributed by atoms with Crippen molar-refractivity contribution in [2.24, 2.45) is 0 Å². The molecule has 1 atom stereocenters. The lowest BCUT2D eigenvalue weighted by Gasteiger charge is -2.33. The number of carbonyl (C=O) groups excluding carboxylic acids is 3. The molecule has 2 amide bonds. The van der Waals surface area contributed by atoms with Crippen molar-refractivity contribution in [1.82, 2.24) is 25.3 Å². The second-order valence-electron chi connectivity index (χ2n) is 10.7. The molecule has 2 heterocycles. The first-order chi connectivity index (χ1) is 21.0. The van der Waals surface area contributed by atoms with Gasteiger partial charge in [0.2, 0.25) is 11.8 Å². The minimum Gasteiger partial charge on any atom is -0.465 e. The Hall–Kier alpha value is -5.12. The van der Waals surface area contributed by atoms with E-state index < -0.39 is 12.0 Å². The van der Waals surface area contributed by atoms with Crippen LogP contribution in [-0.4, -0.2) is 50.9 Å². The minimum absolute atomic E-state index is 0.0176. The molecule has 10 nitrogen and oxygen atoms in total. The Morgan fingerprint density at radius 2 is 1.67 bits per heavy atom. The van der Waals surface area contributed by atoms with E-state index in [-0.39, 0.29) is 24.4 Å². The van der Waals surface area contributed by atoms with Gasteiger partial charge in [-0.1, -0.05) is 66.9 Å². The Bertz CT molecular complexity index is 1780. The number of para-hydroxylation sites is 2. The van der Waals surface area contributed by atoms with E-state index in [9.17, 15) is 14.4 Å². The Morgan fingerprint density at radius 3 is 2.44 bits per heavy atom. The maximum atomic E-state index is 14.4. The van der Waals surface area contributed by atoms with Gasteiger partial charge in [0.25, 0.3) is 0 Å². The van der Waals surface area contributed by atoms with Crippen LogP contribution >= 0.6 is 0 Å². The van der Waals surface area contributed by atoms with Crippen LogP contribution in [0.25, 0.3) is 21.9 Å². The molecule has 0 saturated heterocycles. The number of anilines is 1. The Morgan fingerprint density at radius 1 is 0.953 bits per heavy atom. The minimum atomic E-state index is -1.04. The number of ether oxygens (including phenoxy) is 1. The van der Waals surface area contributed by atoms with E-state index in [2.05, 4.69) is 20.6 Å². The molecule has 43 heavy (non-hydrogen) atoms. The number of esters is 1. The summed E-state index contributed by atoms with van der Waals surface area (Å²) in [5, 5.41) is 12.5. The Labute approximate surface area is 248 Å². The second kappa shape index (κ2) is 12.4. The monoisotopic (exact) mass is 576 g/mol. The average Bonchev–Trinajstić information content (AvgIpc) is 3.46. The van der Waals surface area contributed by atoms with E-state index in [0.717, 1.165) is 43.0 Å². The summed E-state index contributed by atoms with van der Waals surface area (Å²) in [4.78, 5) is 46.9. The number of fused-ring (bicyclic) bond motifs is 2. The van der Waals surface area contributed by atoms with Gasteiger partial charge in [-0.05, 0) is 54.8 Å². The van der Waals surface area contributed by atoms with Crippen molar-refractivity contribution in [3.8, 4) is 0 Å². The van der Waals surface area contributed by atoms with Gasteiger partial charge in [0, 0.05) is 11.4 Å². The molecule has 1 aliphatic rings. The van der Waals surface area contributed by atoms with Gasteiger partial charge in [-0.25, -0.2) is 9.48 Å². The standard InChI is InChI=1S/C33H32N6O4/c1-43-33(42)23-17-15-22(16-18-23)31(32(41)35-25-10-3-2-4-11-25)39(26-19-24-9-5-6-12-27(24)34-20-26)30(40)21-38-29-14-8-7-13-28(29)36-37-38/h5-9,12-20,25,31H,2-4,10-11,21H2,1H3,(H,35,41)/t31-/m1/s1. The van der Waals surface area contributed by atoms with E-state index >= 15 is 0 Å². The third-order valence-electron chi connectivity index (χ3n) is 7.93. The van der Waals surface area contributed by atoms with Crippen LogP contribution in [0, 0.1) is 0 Å². The lowest BCUT2D eigenvalue weighted by atomic mass is 9.94. The van der Waals surface area contributed by atoms with Crippen LogP contribution in [0.2, 0.25) is 0 Å². The Kier molecular flexibility index (Phi) is 8.08. The van der Waals surface area contributed by atoms with Gasteiger partial charge in [-0.3, -0.25) is 19.5 Å². The van der Waals surface area contributed by atoms with Crippen LogP contribution in [-0.2, 0) is 20.9 Å². The predicted molar refractivity (Wildman–Crippen MR) is 162 cm³/mol. The van der Waals surface area contributed by atoms with Crippen LogP contribution in [0.1, 0.15) is 54.1 Å². The van der Waals surface area contributed by atoms with Crippen molar-refractivity contribution in [3.05, 3.63) is 96.2 Å². The number of carbonyl (C=O) groups is 3. The zero-order valence-corrected chi connectivity index (χ0v) is 23.8. The molecule has 6 rings (SSSR count). The first kappa shape index (κ1) is 28.0. The van der Waals surface area contributed by atoms with Gasteiger partial charge in [0.1, 0.15) is 18.1 Å². The van der Waals surface area contributed by atoms with E-state index in [1.807, 2.05) is 54.6 Å². The molecule has 5 aromatic rings. The van der Waals surface area contributed by atoms with Gasteiger partial charge >= 0.3 is 5.97 Å². The van der Waals surface area contributed by atoms with Crippen molar-refractivity contribution in [1.29, 1.82) is 0 Å². The normalized spacial score (nSPS) is 14.3. The van der Waals surface area contributed by atoms with Crippen LogP contribution in [0.3, 0.4) is 0 Å². The van der Waals surface area contributed by atoms with E-state index in [1.54, 1.807) is 30.5 Å². The number of hydrogen-bond acceptors (Lipinski definition) is 7. The molecule has 1 fully saturated rings. The molecule has 0 spiro atoms. The molecule has 2 aromatic heterocycles. The number of nitrogens with zero attached hydrogens (tertiary/aromatic N) is 5. The van der Waals surface area contributed by atoms with Gasteiger partial charge in [-0.2, -0.15) is 0 Å². The molecule has 0 aliphatic heterocycles. The van der Waals surface area contributed by atoms with Gasteiger partial charge in [0.15, 0.2) is 0 Å². The fourth-order valence-electron chi connectivity index (χ4n) is 5.73. The van der Waals surface area contributed by atoms with Crippen LogP contribution < -0.4 is 10.2 Å². The van der Waals surface area contributed by atoms with Crippen molar-refractivity contribution < 1.29 is 19.1 Å². The number of pyridine rings is 1. The molecule has 0 unspecified atom stereocenters. The third kappa shape index (κ3) is 5.94. The summed E-state index contributed by atoms with van der Waals surface area (Å²) in [6.07, 6.45) is 6.61. The van der Waals surface area contributed by atoms with Crippen molar-refractivity contribution in [2.45, 2.75) is 50.7 Å². The predicted octanol–water partition coefficient (Wildman–Crippen LogP) is 4.99. The highest BCUT2D eigenvalue weighted by Gasteiger charge is 2.35. The summed E-state index contributed by atoms with van der Waals surface area (Å²) in [7, 11) is 1.32. The van der Waals surface area contributed by atoms with Crippen molar-refractivity contribution >= 4 is 45.4 Å². The summed E-state index contributed by atoms with van der Waals surface area (Å²) in [5.74, 6) is -1.16. The first-order valence-electron chi connectivity index (χ1n) is 14.5. The fraction of sp³-hybridized carbons (Fsp3) is 0.273. The molecule has 3 aromatic carbocycles. The molecule has 0 radical (unpaired) electrons. The first-order valence-corrected chi connectivity index (χ1v) is 14.5. The summed E-state index contributed by atoms with van der Waals surface area (Å²) < 4.78 is 6.41. The van der Waals surface area contributed by atoms with Crippen LogP contribution in [0.5, 0.6) is 0 Å². The molecule has 218 valence electrons. The summed E-state index contributed by atoms with van der Waals surface area (Å²) in [6.45, 7) is -0.152. The quantitative estimate of drug-likeness (QED) is 0.259. The summed E-state index contributed by atoms with van der Waals surface area (Å²) in [6, 6.07) is 22.5. The zero-order chi connectivity index (χ0) is 29.8. The van der Waals surface area contributed by atoms with Gasteiger partial charge in [-0.15, -0.1) is 5.10 Å². The highest BCUT2D eigenvalue weighted by atomic mass is 16.5. The number of rotatable bonds is 8. The fourth-order valence-corrected chi connectivity index (χ4v) is 5.73. The Balaban J connectivity index is 1.45. The van der Waals surface area contributed by atoms with Gasteiger partial charge in [0.05, 0.1) is 35.6 Å². The summed E-state index contributed by atoms with van der Waals surface area (Å²) >= 11 is 0. The van der Waals surface area contributed by atoms with Crippen molar-refractivity contribution in [3.63, 3.8) is 0 Å². The molecule has 0 bridgehead atoms. The summed E-state index contributed by atoms with van der Waals surface area (Å²) in [5.41, 5.74) is 3.50. The maximum absolute atomic E-state index is 14.4.